The SMILES string of the molecule is CC(C)C(=O)Nc1ccc(O[C@H]2O[C@H](CC(F)(F)P(=O)(O)O)[C@@H](O)[C@H](O)[C@@H]2O)cc1. The van der Waals surface area contributed by atoms with Gasteiger partial charge in [-0.25, -0.2) is 0 Å². The van der Waals surface area contributed by atoms with E-state index in [1.54, 1.807) is 13.8 Å². The Morgan fingerprint density at radius 3 is 2.23 bits per heavy atom. The number of hydrogen-bond acceptors (Lipinski definition) is 7. The summed E-state index contributed by atoms with van der Waals surface area (Å²) in [5.41, 5.74) is -4.08. The van der Waals surface area contributed by atoms with Crippen LogP contribution in [0.15, 0.2) is 24.3 Å². The molecule has 0 bridgehead atoms. The van der Waals surface area contributed by atoms with Crippen molar-refractivity contribution in [2.45, 2.75) is 56.6 Å². The molecule has 0 spiro atoms. The molecule has 2 rings (SSSR count). The minimum Gasteiger partial charge on any atom is -0.462 e. The normalized spacial score (nSPS) is 27.7. The van der Waals surface area contributed by atoms with Crippen molar-refractivity contribution in [2.24, 2.45) is 5.92 Å². The highest BCUT2D eigenvalue weighted by Crippen LogP contribution is 2.55. The molecule has 1 aromatic rings. The van der Waals surface area contributed by atoms with E-state index < -0.39 is 50.4 Å². The van der Waals surface area contributed by atoms with Crippen molar-refractivity contribution in [1.82, 2.24) is 0 Å². The molecular formula is C17H24F2NO9P. The first-order valence-corrected chi connectivity index (χ1v) is 10.5. The van der Waals surface area contributed by atoms with Gasteiger partial charge >= 0.3 is 13.3 Å². The molecule has 1 heterocycles. The Morgan fingerprint density at radius 1 is 1.17 bits per heavy atom. The number of amides is 1. The van der Waals surface area contributed by atoms with Gasteiger partial charge in [0.2, 0.25) is 12.2 Å². The fourth-order valence-electron chi connectivity index (χ4n) is 2.58. The number of rotatable bonds is 7. The number of nitrogens with one attached hydrogen (secondary N) is 1. The van der Waals surface area contributed by atoms with Gasteiger partial charge < -0.3 is 39.9 Å². The van der Waals surface area contributed by atoms with E-state index in [1.165, 1.54) is 24.3 Å². The number of aliphatic hydroxyl groups is 3. The summed E-state index contributed by atoms with van der Waals surface area (Å²) in [7, 11) is -5.85. The van der Waals surface area contributed by atoms with E-state index in [4.69, 9.17) is 19.3 Å². The molecule has 1 aliphatic heterocycles. The third-order valence-corrected chi connectivity index (χ3v) is 5.47. The number of alkyl halides is 2. The molecule has 5 atom stereocenters. The first-order valence-electron chi connectivity index (χ1n) is 8.93. The quantitative estimate of drug-likeness (QED) is 0.323. The van der Waals surface area contributed by atoms with Gasteiger partial charge in [0, 0.05) is 11.6 Å². The molecule has 1 saturated heterocycles. The van der Waals surface area contributed by atoms with E-state index >= 15 is 0 Å². The molecule has 10 nitrogen and oxygen atoms in total. The highest BCUT2D eigenvalue weighted by atomic mass is 31.2. The zero-order valence-corrected chi connectivity index (χ0v) is 16.9. The van der Waals surface area contributed by atoms with Crippen LogP contribution < -0.4 is 10.1 Å². The number of carbonyl (C=O) groups excluding carboxylic acids is 1. The summed E-state index contributed by atoms with van der Waals surface area (Å²) in [4.78, 5) is 29.2. The van der Waals surface area contributed by atoms with Gasteiger partial charge in [0.1, 0.15) is 24.1 Å². The van der Waals surface area contributed by atoms with Crippen molar-refractivity contribution in [2.75, 3.05) is 5.32 Å². The van der Waals surface area contributed by atoms with Gasteiger partial charge in [0.25, 0.3) is 0 Å². The Bertz CT molecular complexity index is 786. The summed E-state index contributed by atoms with van der Waals surface area (Å²) >= 11 is 0. The van der Waals surface area contributed by atoms with Crippen LogP contribution in [0, 0.1) is 5.92 Å². The van der Waals surface area contributed by atoms with Crippen molar-refractivity contribution in [3.8, 4) is 5.75 Å². The lowest BCUT2D eigenvalue weighted by atomic mass is 9.97. The van der Waals surface area contributed by atoms with Gasteiger partial charge in [-0.1, -0.05) is 13.8 Å². The fraction of sp³-hybridized carbons (Fsp3) is 0.588. The molecule has 0 unspecified atom stereocenters. The van der Waals surface area contributed by atoms with Crippen LogP contribution >= 0.6 is 7.60 Å². The maximum Gasteiger partial charge on any atom is 0.394 e. The van der Waals surface area contributed by atoms with Crippen LogP contribution in [0.5, 0.6) is 5.75 Å². The third kappa shape index (κ3) is 5.73. The highest BCUT2D eigenvalue weighted by molar-refractivity contribution is 7.53. The fourth-order valence-corrected chi connectivity index (χ4v) is 3.00. The van der Waals surface area contributed by atoms with Crippen LogP contribution in [-0.4, -0.2) is 67.4 Å². The number of anilines is 1. The highest BCUT2D eigenvalue weighted by Gasteiger charge is 2.55. The van der Waals surface area contributed by atoms with Gasteiger partial charge in [-0.15, -0.1) is 0 Å². The van der Waals surface area contributed by atoms with Gasteiger partial charge in [0.05, 0.1) is 12.5 Å². The molecule has 1 aromatic carbocycles. The molecule has 0 aliphatic carbocycles. The summed E-state index contributed by atoms with van der Waals surface area (Å²) in [6.07, 6.45) is -11.1. The van der Waals surface area contributed by atoms with E-state index in [1.807, 2.05) is 0 Å². The van der Waals surface area contributed by atoms with E-state index in [2.05, 4.69) is 5.32 Å². The van der Waals surface area contributed by atoms with Crippen LogP contribution in [0.4, 0.5) is 14.5 Å². The molecule has 1 fully saturated rings. The van der Waals surface area contributed by atoms with Crippen LogP contribution in [-0.2, 0) is 14.1 Å². The topological polar surface area (TPSA) is 166 Å². The molecule has 13 heteroatoms. The summed E-state index contributed by atoms with van der Waals surface area (Å²) in [6.45, 7) is 3.42. The first kappa shape index (κ1) is 24.6. The predicted molar refractivity (Wildman–Crippen MR) is 98.8 cm³/mol. The van der Waals surface area contributed by atoms with Gasteiger partial charge in [-0.2, -0.15) is 8.78 Å². The molecular weight excluding hydrogens is 431 g/mol. The van der Waals surface area contributed by atoms with E-state index in [0.29, 0.717) is 5.69 Å². The average Bonchev–Trinajstić information content (AvgIpc) is 2.64. The number of benzene rings is 1. The smallest absolute Gasteiger partial charge is 0.394 e. The summed E-state index contributed by atoms with van der Waals surface area (Å²) in [5.74, 6) is -0.394. The second kappa shape index (κ2) is 9.23. The van der Waals surface area contributed by atoms with Gasteiger partial charge in [-0.05, 0) is 24.3 Å². The Labute approximate surface area is 170 Å². The molecule has 1 aliphatic rings. The Balaban J connectivity index is 2.11. The van der Waals surface area contributed by atoms with Crippen LogP contribution in [0.2, 0.25) is 0 Å². The molecule has 0 saturated carbocycles. The van der Waals surface area contributed by atoms with Gasteiger partial charge in [0.15, 0.2) is 0 Å². The second-order valence-electron chi connectivity index (χ2n) is 7.21. The zero-order chi connectivity index (χ0) is 22.9. The Hall–Kier alpha value is -1.66. The third-order valence-electron chi connectivity index (χ3n) is 4.44. The molecule has 1 amide bonds. The van der Waals surface area contributed by atoms with Crippen LogP contribution in [0.3, 0.4) is 0 Å². The second-order valence-corrected chi connectivity index (χ2v) is 8.96. The summed E-state index contributed by atoms with van der Waals surface area (Å²) in [5, 5.41) is 32.4. The van der Waals surface area contributed by atoms with Crippen LogP contribution in [0.1, 0.15) is 20.3 Å². The number of ether oxygens (including phenoxy) is 2. The lowest BCUT2D eigenvalue weighted by Crippen LogP contribution is -2.60. The van der Waals surface area contributed by atoms with Crippen molar-refractivity contribution < 1.29 is 52.7 Å². The number of halogens is 2. The standard InChI is InChI=1S/C17H24F2NO9P/c1-8(2)15(24)20-9-3-5-10(6-4-9)28-16-14(23)13(22)12(21)11(29-16)7-17(18,19)30(25,26)27/h3-6,8,11-14,16,21-23H,7H2,1-2H3,(H,20,24)(H2,25,26,27)/t11-,12-,13+,14+,16+/m1/s1. The minimum absolute atomic E-state index is 0.0747. The van der Waals surface area contributed by atoms with Crippen molar-refractivity contribution in [3.05, 3.63) is 24.3 Å². The maximum absolute atomic E-state index is 13.7. The number of hydrogen-bond donors (Lipinski definition) is 6. The number of carbonyl (C=O) groups is 1. The van der Waals surface area contributed by atoms with Gasteiger partial charge in [-0.3, -0.25) is 9.36 Å². The van der Waals surface area contributed by atoms with Crippen molar-refractivity contribution in [1.29, 1.82) is 0 Å². The first-order chi connectivity index (χ1) is 13.7. The lowest BCUT2D eigenvalue weighted by molar-refractivity contribution is -0.279. The lowest BCUT2D eigenvalue weighted by Gasteiger charge is -2.41. The zero-order valence-electron chi connectivity index (χ0n) is 16.1. The molecule has 30 heavy (non-hydrogen) atoms. The summed E-state index contributed by atoms with van der Waals surface area (Å²) in [6, 6.07) is 5.69. The van der Waals surface area contributed by atoms with Crippen molar-refractivity contribution >= 4 is 19.2 Å². The molecule has 6 N–H and O–H groups in total. The molecule has 0 radical (unpaired) electrons. The molecule has 0 aromatic heterocycles. The van der Waals surface area contributed by atoms with Crippen molar-refractivity contribution in [3.63, 3.8) is 0 Å². The largest absolute Gasteiger partial charge is 0.462 e. The average molecular weight is 455 g/mol. The summed E-state index contributed by atoms with van der Waals surface area (Å²) < 4.78 is 48.7. The Kier molecular flexibility index (Phi) is 7.57. The maximum atomic E-state index is 13.7. The minimum atomic E-state index is -5.85. The molecule has 170 valence electrons. The van der Waals surface area contributed by atoms with Crippen LogP contribution in [0.25, 0.3) is 0 Å². The van der Waals surface area contributed by atoms with E-state index in [9.17, 15) is 33.5 Å². The van der Waals surface area contributed by atoms with E-state index in [-0.39, 0.29) is 17.6 Å². The monoisotopic (exact) mass is 455 g/mol. The number of aliphatic hydroxyl groups excluding tert-OH is 3. The predicted octanol–water partition coefficient (Wildman–Crippen LogP) is 0.628. The Morgan fingerprint density at radius 2 is 1.73 bits per heavy atom. The van der Waals surface area contributed by atoms with E-state index in [0.717, 1.165) is 0 Å².